The van der Waals surface area contributed by atoms with Crippen LogP contribution in [-0.2, 0) is 0 Å². The molecule has 0 atom stereocenters. The number of nitrogens with zero attached hydrogens (tertiary/aromatic N) is 4. The number of hydrogen-bond donors (Lipinski definition) is 0. The molecule has 0 aliphatic rings. The molecule has 0 N–H and O–H groups in total. The topological polar surface area (TPSA) is 43.6 Å². The van der Waals surface area contributed by atoms with Crippen molar-refractivity contribution < 1.29 is 0 Å². The molecule has 0 fully saturated rings. The second kappa shape index (κ2) is 9.54. The van der Waals surface area contributed by atoms with Gasteiger partial charge in [0.05, 0.1) is 33.6 Å². The van der Waals surface area contributed by atoms with E-state index in [-0.39, 0.29) is 0 Å². The fourth-order valence-corrected chi connectivity index (χ4v) is 5.82. The van der Waals surface area contributed by atoms with E-state index < -0.39 is 0 Å². The lowest BCUT2D eigenvalue weighted by molar-refractivity contribution is 1.17. The van der Waals surface area contributed by atoms with Crippen LogP contribution in [0.15, 0.2) is 146 Å². The second-order valence-electron chi connectivity index (χ2n) is 10.1. The summed E-state index contributed by atoms with van der Waals surface area (Å²) in [4.78, 5) is 14.5. The highest BCUT2D eigenvalue weighted by atomic mass is 15.0. The molecule has 0 aliphatic carbocycles. The zero-order valence-corrected chi connectivity index (χ0v) is 22.1. The summed E-state index contributed by atoms with van der Waals surface area (Å²) in [5.74, 6) is 0. The standard InChI is InChI=1S/C37H24N4/c1-2-14-29-25(10-1)11-8-16-30(29)33-23-27(24-34(40-33)32-17-5-6-20-38-32)26-12-7-13-28(22-26)41-35-18-4-3-15-31(35)37-36(41)19-9-21-39-37/h1-24H. The normalized spacial score (nSPS) is 11.4. The van der Waals surface area contributed by atoms with E-state index in [1.54, 1.807) is 0 Å². The molecule has 0 unspecified atom stereocenters. The molecule has 4 heteroatoms. The van der Waals surface area contributed by atoms with Gasteiger partial charge in [-0.2, -0.15) is 0 Å². The summed E-state index contributed by atoms with van der Waals surface area (Å²) >= 11 is 0. The lowest BCUT2D eigenvalue weighted by Gasteiger charge is -2.13. The smallest absolute Gasteiger partial charge is 0.0963 e. The molecule has 4 nitrogen and oxygen atoms in total. The van der Waals surface area contributed by atoms with Crippen molar-refractivity contribution in [2.24, 2.45) is 0 Å². The van der Waals surface area contributed by atoms with Crippen LogP contribution in [0.3, 0.4) is 0 Å². The molecule has 0 aliphatic heterocycles. The van der Waals surface area contributed by atoms with Crippen LogP contribution in [0.5, 0.6) is 0 Å². The first-order valence-electron chi connectivity index (χ1n) is 13.7. The molecule has 8 aromatic rings. The third-order valence-electron chi connectivity index (χ3n) is 7.68. The highest BCUT2D eigenvalue weighted by Gasteiger charge is 2.15. The number of rotatable bonds is 4. The molecule has 4 aromatic heterocycles. The van der Waals surface area contributed by atoms with Crippen molar-refractivity contribution in [2.45, 2.75) is 0 Å². The zero-order chi connectivity index (χ0) is 27.2. The SMILES string of the molecule is c1ccc(-c2cc(-c3cccc(-n4c5ccccc5c5ncccc54)c3)cc(-c3cccc4ccccc34)n2)nc1. The van der Waals surface area contributed by atoms with Crippen molar-refractivity contribution in [3.8, 4) is 39.5 Å². The minimum absolute atomic E-state index is 0.845. The van der Waals surface area contributed by atoms with Crippen molar-refractivity contribution >= 4 is 32.7 Å². The maximum atomic E-state index is 5.13. The molecule has 192 valence electrons. The van der Waals surface area contributed by atoms with Gasteiger partial charge in [0.25, 0.3) is 0 Å². The first-order valence-corrected chi connectivity index (χ1v) is 13.7. The molecule has 41 heavy (non-hydrogen) atoms. The molecule has 8 rings (SSSR count). The molecule has 0 spiro atoms. The molecule has 0 amide bonds. The van der Waals surface area contributed by atoms with E-state index in [2.05, 4.69) is 119 Å². The highest BCUT2D eigenvalue weighted by Crippen LogP contribution is 2.35. The zero-order valence-electron chi connectivity index (χ0n) is 22.1. The Morgan fingerprint density at radius 3 is 2.15 bits per heavy atom. The summed E-state index contributed by atoms with van der Waals surface area (Å²) in [6.45, 7) is 0. The Kier molecular flexibility index (Phi) is 5.42. The van der Waals surface area contributed by atoms with Crippen molar-refractivity contribution in [2.75, 3.05) is 0 Å². The lowest BCUT2D eigenvalue weighted by atomic mass is 9.97. The molecule has 4 heterocycles. The van der Waals surface area contributed by atoms with Gasteiger partial charge >= 0.3 is 0 Å². The van der Waals surface area contributed by atoms with E-state index in [0.717, 1.165) is 61.4 Å². The first-order chi connectivity index (χ1) is 20.3. The van der Waals surface area contributed by atoms with E-state index in [1.165, 1.54) is 10.8 Å². The summed E-state index contributed by atoms with van der Waals surface area (Å²) in [5.41, 5.74) is 10.2. The van der Waals surface area contributed by atoms with Gasteiger partial charge in [-0.25, -0.2) is 4.98 Å². The van der Waals surface area contributed by atoms with Gasteiger partial charge in [-0.05, 0) is 76.5 Å². The highest BCUT2D eigenvalue weighted by molar-refractivity contribution is 6.07. The van der Waals surface area contributed by atoms with E-state index in [0.29, 0.717) is 0 Å². The number of aromatic nitrogens is 4. The molecule has 0 saturated heterocycles. The number of hydrogen-bond acceptors (Lipinski definition) is 3. The van der Waals surface area contributed by atoms with Crippen LogP contribution in [0.25, 0.3) is 72.2 Å². The summed E-state index contributed by atoms with van der Waals surface area (Å²) in [5, 5.41) is 3.52. The van der Waals surface area contributed by atoms with Crippen LogP contribution < -0.4 is 0 Å². The molecule has 4 aromatic carbocycles. The van der Waals surface area contributed by atoms with Gasteiger partial charge in [-0.1, -0.05) is 78.9 Å². The van der Waals surface area contributed by atoms with E-state index >= 15 is 0 Å². The Morgan fingerprint density at radius 2 is 1.22 bits per heavy atom. The third kappa shape index (κ3) is 3.97. The Morgan fingerprint density at radius 1 is 0.463 bits per heavy atom. The summed E-state index contributed by atoms with van der Waals surface area (Å²) in [6.07, 6.45) is 3.68. The van der Waals surface area contributed by atoms with Crippen LogP contribution in [0.1, 0.15) is 0 Å². The molecule has 0 saturated carbocycles. The van der Waals surface area contributed by atoms with E-state index in [4.69, 9.17) is 9.97 Å². The van der Waals surface area contributed by atoms with Gasteiger partial charge in [-0.3, -0.25) is 9.97 Å². The van der Waals surface area contributed by atoms with Gasteiger partial charge in [0.1, 0.15) is 0 Å². The maximum Gasteiger partial charge on any atom is 0.0963 e. The van der Waals surface area contributed by atoms with Crippen LogP contribution in [-0.4, -0.2) is 19.5 Å². The first kappa shape index (κ1) is 23.3. The lowest BCUT2D eigenvalue weighted by Crippen LogP contribution is -1.96. The number of benzene rings is 4. The summed E-state index contributed by atoms with van der Waals surface area (Å²) in [6, 6.07) is 46.5. The van der Waals surface area contributed by atoms with Crippen LogP contribution in [0.4, 0.5) is 0 Å². The fraction of sp³-hybridized carbons (Fsp3) is 0. The molecular weight excluding hydrogens is 500 g/mol. The summed E-state index contributed by atoms with van der Waals surface area (Å²) < 4.78 is 2.30. The predicted molar refractivity (Wildman–Crippen MR) is 168 cm³/mol. The maximum absolute atomic E-state index is 5.13. The minimum atomic E-state index is 0.845. The third-order valence-corrected chi connectivity index (χ3v) is 7.68. The average Bonchev–Trinajstić information content (AvgIpc) is 3.39. The van der Waals surface area contributed by atoms with E-state index in [1.807, 2.05) is 36.7 Å². The molecular formula is C37H24N4. The predicted octanol–water partition coefficient (Wildman–Crippen LogP) is 9.12. The van der Waals surface area contributed by atoms with Crippen LogP contribution >= 0.6 is 0 Å². The quantitative estimate of drug-likeness (QED) is 0.231. The van der Waals surface area contributed by atoms with Crippen LogP contribution in [0.2, 0.25) is 0 Å². The van der Waals surface area contributed by atoms with Gasteiger partial charge in [0.2, 0.25) is 0 Å². The fourth-order valence-electron chi connectivity index (χ4n) is 5.82. The van der Waals surface area contributed by atoms with Crippen molar-refractivity contribution in [1.29, 1.82) is 0 Å². The van der Waals surface area contributed by atoms with Crippen molar-refractivity contribution in [3.63, 3.8) is 0 Å². The monoisotopic (exact) mass is 524 g/mol. The summed E-state index contributed by atoms with van der Waals surface area (Å²) in [7, 11) is 0. The van der Waals surface area contributed by atoms with E-state index in [9.17, 15) is 0 Å². The van der Waals surface area contributed by atoms with Crippen molar-refractivity contribution in [1.82, 2.24) is 19.5 Å². The average molecular weight is 525 g/mol. The Labute approximate surface area is 237 Å². The van der Waals surface area contributed by atoms with Gasteiger partial charge < -0.3 is 4.57 Å². The second-order valence-corrected chi connectivity index (χ2v) is 10.1. The number of fused-ring (bicyclic) bond motifs is 4. The minimum Gasteiger partial charge on any atom is -0.308 e. The Hall–Kier alpha value is -5.61. The van der Waals surface area contributed by atoms with Gasteiger partial charge in [-0.15, -0.1) is 0 Å². The largest absolute Gasteiger partial charge is 0.308 e. The van der Waals surface area contributed by atoms with Crippen molar-refractivity contribution in [3.05, 3.63) is 146 Å². The van der Waals surface area contributed by atoms with Gasteiger partial charge in [0, 0.05) is 29.0 Å². The van der Waals surface area contributed by atoms with Crippen LogP contribution in [0, 0.1) is 0 Å². The Balaban J connectivity index is 1.35. The molecule has 0 radical (unpaired) electrons. The van der Waals surface area contributed by atoms with Gasteiger partial charge in [0.15, 0.2) is 0 Å². The molecule has 0 bridgehead atoms. The number of para-hydroxylation sites is 1. The number of pyridine rings is 3. The Bertz CT molecular complexity index is 2150.